The van der Waals surface area contributed by atoms with Gasteiger partial charge >= 0.3 is 0 Å². The van der Waals surface area contributed by atoms with Crippen LogP contribution in [-0.2, 0) is 11.2 Å². The van der Waals surface area contributed by atoms with Crippen LogP contribution >= 0.6 is 0 Å². The normalized spacial score (nSPS) is 17.9. The zero-order chi connectivity index (χ0) is 17.3. The lowest BCUT2D eigenvalue weighted by atomic mass is 10.1. The third-order valence-electron chi connectivity index (χ3n) is 3.73. The van der Waals surface area contributed by atoms with Crippen LogP contribution in [0.3, 0.4) is 0 Å². The lowest BCUT2D eigenvalue weighted by Gasteiger charge is -2.24. The van der Waals surface area contributed by atoms with Crippen molar-refractivity contribution in [1.29, 1.82) is 0 Å². The van der Waals surface area contributed by atoms with Crippen molar-refractivity contribution in [3.63, 3.8) is 0 Å². The predicted molar refractivity (Wildman–Crippen MR) is 90.0 cm³/mol. The van der Waals surface area contributed by atoms with E-state index in [2.05, 4.69) is 34.7 Å². The molecule has 0 unspecified atom stereocenters. The topological polar surface area (TPSA) is 89.3 Å². The highest BCUT2D eigenvalue weighted by atomic mass is 16.5. The molecule has 0 spiro atoms. The molecule has 7 heteroatoms. The van der Waals surface area contributed by atoms with Crippen molar-refractivity contribution in [1.82, 2.24) is 10.2 Å². The number of ether oxygens (including phenoxy) is 1. The van der Waals surface area contributed by atoms with Crippen LogP contribution in [0.5, 0.6) is 5.75 Å². The first kappa shape index (κ1) is 16.3. The third-order valence-corrected chi connectivity index (χ3v) is 3.73. The van der Waals surface area contributed by atoms with Gasteiger partial charge in [0.1, 0.15) is 11.8 Å². The van der Waals surface area contributed by atoms with Crippen LogP contribution in [0.4, 0.5) is 11.4 Å². The Kier molecular flexibility index (Phi) is 4.42. The summed E-state index contributed by atoms with van der Waals surface area (Å²) in [4.78, 5) is 11.7. The molecule has 1 aromatic carbocycles. The fourth-order valence-corrected chi connectivity index (χ4v) is 2.48. The second kappa shape index (κ2) is 6.51. The fraction of sp³-hybridized carbons (Fsp3) is 0.471. The van der Waals surface area contributed by atoms with Crippen LogP contribution in [0.25, 0.3) is 0 Å². The van der Waals surface area contributed by atoms with Crippen LogP contribution in [-0.4, -0.2) is 22.2 Å². The molecular formula is C17H22N4O3. The molecule has 1 amide bonds. The Hall–Kier alpha value is -2.57. The Morgan fingerprint density at radius 2 is 2.08 bits per heavy atom. The standard InChI is InChI=1S/C17H22N4O3/c1-9(2)7-15-20-21-17(24-15)10(3)18-12-5-6-14-13(8-12)19-16(22)11(4)23-14/h5-6,8-11,18H,7H2,1-4H3,(H,19,22)/t10-,11-/m0/s1. The van der Waals surface area contributed by atoms with Crippen molar-refractivity contribution in [2.24, 2.45) is 5.92 Å². The van der Waals surface area contributed by atoms with E-state index in [0.717, 1.165) is 12.1 Å². The maximum absolute atomic E-state index is 11.7. The Labute approximate surface area is 140 Å². The molecule has 0 radical (unpaired) electrons. The van der Waals surface area contributed by atoms with E-state index in [0.29, 0.717) is 29.1 Å². The first-order valence-corrected chi connectivity index (χ1v) is 8.12. The van der Waals surface area contributed by atoms with Gasteiger partial charge in [-0.25, -0.2) is 0 Å². The Morgan fingerprint density at radius 3 is 2.83 bits per heavy atom. The third kappa shape index (κ3) is 3.50. The second-order valence-electron chi connectivity index (χ2n) is 6.46. The zero-order valence-electron chi connectivity index (χ0n) is 14.3. The molecular weight excluding hydrogens is 308 g/mol. The second-order valence-corrected chi connectivity index (χ2v) is 6.46. The lowest BCUT2D eigenvalue weighted by Crippen LogP contribution is -2.34. The van der Waals surface area contributed by atoms with Gasteiger partial charge in [-0.15, -0.1) is 10.2 Å². The molecule has 0 saturated carbocycles. The van der Waals surface area contributed by atoms with E-state index in [4.69, 9.17) is 9.15 Å². The number of carbonyl (C=O) groups is 1. The summed E-state index contributed by atoms with van der Waals surface area (Å²) in [5, 5.41) is 14.3. The quantitative estimate of drug-likeness (QED) is 0.875. The number of nitrogens with zero attached hydrogens (tertiary/aromatic N) is 2. The molecule has 2 N–H and O–H groups in total. The van der Waals surface area contributed by atoms with E-state index in [-0.39, 0.29) is 11.9 Å². The highest BCUT2D eigenvalue weighted by Crippen LogP contribution is 2.33. The highest BCUT2D eigenvalue weighted by molar-refractivity contribution is 5.98. The summed E-state index contributed by atoms with van der Waals surface area (Å²) in [5.41, 5.74) is 1.49. The predicted octanol–water partition coefficient (Wildman–Crippen LogP) is 3.16. The van der Waals surface area contributed by atoms with E-state index in [1.165, 1.54) is 0 Å². The molecule has 128 valence electrons. The fourth-order valence-electron chi connectivity index (χ4n) is 2.48. The van der Waals surface area contributed by atoms with E-state index in [1.807, 2.05) is 25.1 Å². The number of aromatic nitrogens is 2. The monoisotopic (exact) mass is 330 g/mol. The number of amides is 1. The average Bonchev–Trinajstić information content (AvgIpc) is 2.96. The van der Waals surface area contributed by atoms with Gasteiger partial charge in [-0.2, -0.15) is 0 Å². The molecule has 0 bridgehead atoms. The largest absolute Gasteiger partial charge is 0.479 e. The Balaban J connectivity index is 1.71. The average molecular weight is 330 g/mol. The summed E-state index contributed by atoms with van der Waals surface area (Å²) < 4.78 is 11.2. The maximum Gasteiger partial charge on any atom is 0.265 e. The number of nitrogens with one attached hydrogen (secondary N) is 2. The summed E-state index contributed by atoms with van der Waals surface area (Å²) in [6.45, 7) is 7.88. The first-order chi connectivity index (χ1) is 11.4. The van der Waals surface area contributed by atoms with E-state index < -0.39 is 6.10 Å². The molecule has 0 fully saturated rings. The van der Waals surface area contributed by atoms with Crippen molar-refractivity contribution in [2.75, 3.05) is 10.6 Å². The van der Waals surface area contributed by atoms with Gasteiger partial charge in [0, 0.05) is 12.1 Å². The number of benzene rings is 1. The molecule has 1 aliphatic rings. The van der Waals surface area contributed by atoms with Crippen molar-refractivity contribution in [3.05, 3.63) is 30.0 Å². The molecule has 0 saturated heterocycles. The van der Waals surface area contributed by atoms with Gasteiger partial charge < -0.3 is 19.8 Å². The summed E-state index contributed by atoms with van der Waals surface area (Å²) in [6.07, 6.45) is 0.285. The van der Waals surface area contributed by atoms with Crippen molar-refractivity contribution in [2.45, 2.75) is 46.3 Å². The number of anilines is 2. The van der Waals surface area contributed by atoms with Gasteiger partial charge in [-0.05, 0) is 38.0 Å². The van der Waals surface area contributed by atoms with Crippen LogP contribution < -0.4 is 15.4 Å². The minimum atomic E-state index is -0.479. The highest BCUT2D eigenvalue weighted by Gasteiger charge is 2.24. The minimum absolute atomic E-state index is 0.143. The minimum Gasteiger partial charge on any atom is -0.479 e. The number of rotatable bonds is 5. The Bertz CT molecular complexity index is 741. The number of hydrogen-bond acceptors (Lipinski definition) is 6. The van der Waals surface area contributed by atoms with Gasteiger partial charge in [0.05, 0.1) is 5.69 Å². The molecule has 1 aromatic heterocycles. The molecule has 24 heavy (non-hydrogen) atoms. The van der Waals surface area contributed by atoms with Crippen LogP contribution in [0.1, 0.15) is 45.5 Å². The molecule has 3 rings (SSSR count). The Morgan fingerprint density at radius 1 is 1.29 bits per heavy atom. The summed E-state index contributed by atoms with van der Waals surface area (Å²) in [6, 6.07) is 5.42. The van der Waals surface area contributed by atoms with E-state index in [9.17, 15) is 4.79 Å². The van der Waals surface area contributed by atoms with Gasteiger partial charge in [0.15, 0.2) is 6.10 Å². The number of hydrogen-bond donors (Lipinski definition) is 2. The molecule has 2 aromatic rings. The summed E-state index contributed by atoms with van der Waals surface area (Å²) in [5.74, 6) is 2.17. The van der Waals surface area contributed by atoms with Crippen molar-refractivity contribution in [3.8, 4) is 5.75 Å². The zero-order valence-corrected chi connectivity index (χ0v) is 14.3. The smallest absolute Gasteiger partial charge is 0.265 e. The van der Waals surface area contributed by atoms with Gasteiger partial charge in [0.2, 0.25) is 11.8 Å². The van der Waals surface area contributed by atoms with Gasteiger partial charge in [0.25, 0.3) is 5.91 Å². The number of fused-ring (bicyclic) bond motifs is 1. The van der Waals surface area contributed by atoms with Crippen LogP contribution in [0, 0.1) is 5.92 Å². The van der Waals surface area contributed by atoms with Crippen molar-refractivity contribution >= 4 is 17.3 Å². The maximum atomic E-state index is 11.7. The summed E-state index contributed by atoms with van der Waals surface area (Å²) >= 11 is 0. The van der Waals surface area contributed by atoms with E-state index in [1.54, 1.807) is 6.92 Å². The van der Waals surface area contributed by atoms with Gasteiger partial charge in [-0.3, -0.25) is 4.79 Å². The van der Waals surface area contributed by atoms with Crippen LogP contribution in [0.2, 0.25) is 0 Å². The molecule has 0 aliphatic carbocycles. The van der Waals surface area contributed by atoms with Crippen molar-refractivity contribution < 1.29 is 13.9 Å². The molecule has 7 nitrogen and oxygen atoms in total. The number of carbonyl (C=O) groups excluding carboxylic acids is 1. The first-order valence-electron chi connectivity index (χ1n) is 8.12. The lowest BCUT2D eigenvalue weighted by molar-refractivity contribution is -0.122. The SMILES string of the molecule is CC(C)Cc1nnc([C@H](C)Nc2ccc3c(c2)NC(=O)[C@H](C)O3)o1. The molecule has 2 heterocycles. The van der Waals surface area contributed by atoms with Crippen LogP contribution in [0.15, 0.2) is 22.6 Å². The summed E-state index contributed by atoms with van der Waals surface area (Å²) in [7, 11) is 0. The molecule has 2 atom stereocenters. The molecule has 1 aliphatic heterocycles. The van der Waals surface area contributed by atoms with Gasteiger partial charge in [-0.1, -0.05) is 13.8 Å². The van der Waals surface area contributed by atoms with E-state index >= 15 is 0 Å².